The van der Waals surface area contributed by atoms with Crippen LogP contribution in [0.25, 0.3) is 5.57 Å². The van der Waals surface area contributed by atoms with Crippen molar-refractivity contribution in [2.75, 3.05) is 0 Å². The van der Waals surface area contributed by atoms with Crippen LogP contribution >= 0.6 is 0 Å². The Bertz CT molecular complexity index is 773. The monoisotopic (exact) mass is 350 g/mol. The summed E-state index contributed by atoms with van der Waals surface area (Å²) in [5.74, 6) is 0.448. The fraction of sp³-hybridized carbons (Fsp3) is 0.500. The predicted molar refractivity (Wildman–Crippen MR) is 115 cm³/mol. The second-order valence-corrected chi connectivity index (χ2v) is 13.1. The van der Waals surface area contributed by atoms with Crippen LogP contribution in [0.4, 0.5) is 0 Å². The van der Waals surface area contributed by atoms with Gasteiger partial charge in [0, 0.05) is 5.92 Å². The molecule has 2 aliphatic rings. The molecule has 1 unspecified atom stereocenters. The Kier molecular flexibility index (Phi) is 4.52. The number of benzene rings is 1. The van der Waals surface area contributed by atoms with E-state index in [4.69, 9.17) is 0 Å². The van der Waals surface area contributed by atoms with E-state index < -0.39 is 8.80 Å². The fourth-order valence-electron chi connectivity index (χ4n) is 4.48. The average Bonchev–Trinajstić information content (AvgIpc) is 3.07. The van der Waals surface area contributed by atoms with Crippen LogP contribution in [0.3, 0.4) is 0 Å². The van der Waals surface area contributed by atoms with Gasteiger partial charge in [0.15, 0.2) is 0 Å². The van der Waals surface area contributed by atoms with Crippen molar-refractivity contribution in [2.24, 2.45) is 10.8 Å². The molecule has 0 heterocycles. The SMILES string of the molecule is C[SiH](C)C1=C(C2C=C(C(C)(C)C)c3ccccc32)C(C(C)(C)C)=CC1. The second-order valence-electron chi connectivity index (χ2n) is 10.1. The summed E-state index contributed by atoms with van der Waals surface area (Å²) in [5.41, 5.74) is 8.17. The molecule has 0 bridgehead atoms. The van der Waals surface area contributed by atoms with Crippen LogP contribution in [0.1, 0.15) is 65.0 Å². The van der Waals surface area contributed by atoms with Crippen molar-refractivity contribution in [1.29, 1.82) is 0 Å². The molecule has 0 radical (unpaired) electrons. The zero-order valence-electron chi connectivity index (χ0n) is 17.3. The van der Waals surface area contributed by atoms with Crippen LogP contribution in [0, 0.1) is 10.8 Å². The van der Waals surface area contributed by atoms with Gasteiger partial charge in [-0.3, -0.25) is 0 Å². The average molecular weight is 351 g/mol. The van der Waals surface area contributed by atoms with E-state index in [2.05, 4.69) is 91.1 Å². The molecule has 0 nitrogen and oxygen atoms in total. The first kappa shape index (κ1) is 18.4. The van der Waals surface area contributed by atoms with Gasteiger partial charge in [-0.15, -0.1) is 0 Å². The normalized spacial score (nSPS) is 20.9. The molecule has 0 N–H and O–H groups in total. The molecule has 3 rings (SSSR count). The highest BCUT2D eigenvalue weighted by atomic mass is 28.3. The lowest BCUT2D eigenvalue weighted by atomic mass is 9.78. The molecule has 0 amide bonds. The summed E-state index contributed by atoms with van der Waals surface area (Å²) in [5, 5.41) is 1.77. The minimum atomic E-state index is -0.826. The molecule has 0 spiro atoms. The van der Waals surface area contributed by atoms with Crippen molar-refractivity contribution >= 4 is 14.4 Å². The Balaban J connectivity index is 2.22. The lowest BCUT2D eigenvalue weighted by Gasteiger charge is -2.28. The third kappa shape index (κ3) is 3.24. The Morgan fingerprint density at radius 2 is 1.48 bits per heavy atom. The Labute approximate surface area is 156 Å². The van der Waals surface area contributed by atoms with Crippen molar-refractivity contribution in [3.8, 4) is 0 Å². The summed E-state index contributed by atoms with van der Waals surface area (Å²) in [6.45, 7) is 19.1. The maximum atomic E-state index is 2.58. The number of rotatable bonds is 2. The van der Waals surface area contributed by atoms with Crippen LogP contribution < -0.4 is 0 Å². The van der Waals surface area contributed by atoms with E-state index >= 15 is 0 Å². The first-order valence-corrected chi connectivity index (χ1v) is 12.7. The van der Waals surface area contributed by atoms with Crippen molar-refractivity contribution in [1.82, 2.24) is 0 Å². The van der Waals surface area contributed by atoms with E-state index in [0.29, 0.717) is 5.92 Å². The molecule has 25 heavy (non-hydrogen) atoms. The first-order chi connectivity index (χ1) is 11.5. The molecule has 2 aliphatic carbocycles. The van der Waals surface area contributed by atoms with Gasteiger partial charge in [-0.05, 0) is 45.1 Å². The molecule has 1 aromatic rings. The van der Waals surface area contributed by atoms with Gasteiger partial charge >= 0.3 is 0 Å². The molecular formula is C24H34Si. The number of hydrogen-bond donors (Lipinski definition) is 0. The second kappa shape index (κ2) is 6.12. The Hall–Kier alpha value is -1.34. The van der Waals surface area contributed by atoms with Crippen LogP contribution in [0.2, 0.25) is 13.1 Å². The van der Waals surface area contributed by atoms with Gasteiger partial charge in [0.25, 0.3) is 0 Å². The van der Waals surface area contributed by atoms with Gasteiger partial charge in [0.1, 0.15) is 0 Å². The van der Waals surface area contributed by atoms with E-state index in [1.54, 1.807) is 16.3 Å². The zero-order valence-corrected chi connectivity index (χ0v) is 18.5. The summed E-state index contributed by atoms with van der Waals surface area (Å²) in [6.07, 6.45) is 6.30. The highest BCUT2D eigenvalue weighted by Gasteiger charge is 2.37. The van der Waals surface area contributed by atoms with Gasteiger partial charge in [0.2, 0.25) is 0 Å². The highest BCUT2D eigenvalue weighted by Crippen LogP contribution is 2.53. The van der Waals surface area contributed by atoms with Gasteiger partial charge in [-0.1, -0.05) is 96.3 Å². The van der Waals surface area contributed by atoms with E-state index in [9.17, 15) is 0 Å². The standard InChI is InChI=1S/C24H34Si/c1-23(2,3)19-13-14-21(25(7)8)22(19)18-15-20(24(4,5)6)17-12-10-9-11-16(17)18/h9-13,15,18,25H,14H2,1-8H3. The van der Waals surface area contributed by atoms with Gasteiger partial charge < -0.3 is 0 Å². The summed E-state index contributed by atoms with van der Waals surface area (Å²) in [4.78, 5) is 0. The highest BCUT2D eigenvalue weighted by molar-refractivity contribution is 6.64. The molecule has 1 atom stereocenters. The first-order valence-electron chi connectivity index (χ1n) is 9.77. The quantitative estimate of drug-likeness (QED) is 0.508. The summed E-state index contributed by atoms with van der Waals surface area (Å²) in [7, 11) is -0.826. The Morgan fingerprint density at radius 1 is 0.880 bits per heavy atom. The lowest BCUT2D eigenvalue weighted by Crippen LogP contribution is -2.16. The van der Waals surface area contributed by atoms with Crippen molar-refractivity contribution in [2.45, 2.75) is 67.0 Å². The molecule has 1 heteroatoms. The molecule has 0 saturated carbocycles. The summed E-state index contributed by atoms with van der Waals surface area (Å²) in [6, 6.07) is 9.10. The minimum absolute atomic E-state index is 0.186. The van der Waals surface area contributed by atoms with E-state index in [1.165, 1.54) is 23.1 Å². The summed E-state index contributed by atoms with van der Waals surface area (Å²) < 4.78 is 0. The van der Waals surface area contributed by atoms with Crippen molar-refractivity contribution < 1.29 is 0 Å². The largest absolute Gasteiger partial charge is 0.0768 e. The van der Waals surface area contributed by atoms with Crippen molar-refractivity contribution in [3.63, 3.8) is 0 Å². The maximum absolute atomic E-state index is 2.58. The van der Waals surface area contributed by atoms with E-state index in [-0.39, 0.29) is 10.8 Å². The van der Waals surface area contributed by atoms with Crippen LogP contribution in [0.15, 0.2) is 52.8 Å². The maximum Gasteiger partial charge on any atom is 0.0603 e. The molecule has 0 aromatic heterocycles. The minimum Gasteiger partial charge on any atom is -0.0768 e. The lowest BCUT2D eigenvalue weighted by molar-refractivity contribution is 0.507. The smallest absolute Gasteiger partial charge is 0.0603 e. The summed E-state index contributed by atoms with van der Waals surface area (Å²) >= 11 is 0. The molecule has 0 saturated heterocycles. The fourth-order valence-corrected chi connectivity index (χ4v) is 6.03. The number of hydrogen-bond acceptors (Lipinski definition) is 0. The molecule has 0 fully saturated rings. The van der Waals surface area contributed by atoms with Crippen LogP contribution in [-0.2, 0) is 0 Å². The molecule has 134 valence electrons. The van der Waals surface area contributed by atoms with Crippen LogP contribution in [0.5, 0.6) is 0 Å². The Morgan fingerprint density at radius 3 is 2.04 bits per heavy atom. The van der Waals surface area contributed by atoms with Gasteiger partial charge in [-0.25, -0.2) is 0 Å². The predicted octanol–water partition coefficient (Wildman–Crippen LogP) is 6.91. The molecule has 1 aromatic carbocycles. The van der Waals surface area contributed by atoms with Gasteiger partial charge in [0.05, 0.1) is 8.80 Å². The molecule has 0 aliphatic heterocycles. The zero-order chi connectivity index (χ0) is 18.6. The molecular weight excluding hydrogens is 316 g/mol. The number of allylic oxidation sites excluding steroid dienone is 6. The van der Waals surface area contributed by atoms with Crippen molar-refractivity contribution in [3.05, 3.63) is 63.9 Å². The van der Waals surface area contributed by atoms with E-state index in [1.807, 2.05) is 0 Å². The van der Waals surface area contributed by atoms with Gasteiger partial charge in [-0.2, -0.15) is 0 Å². The topological polar surface area (TPSA) is 0 Å². The third-order valence-electron chi connectivity index (χ3n) is 5.71. The third-order valence-corrected chi connectivity index (χ3v) is 7.65. The van der Waals surface area contributed by atoms with Crippen LogP contribution in [-0.4, -0.2) is 8.80 Å². The van der Waals surface area contributed by atoms with E-state index in [0.717, 1.165) is 0 Å². The number of fused-ring (bicyclic) bond motifs is 1.